The van der Waals surface area contributed by atoms with E-state index in [1.54, 1.807) is 4.90 Å². The number of carbonyl (C=O) groups excluding carboxylic acids is 1. The van der Waals surface area contributed by atoms with Crippen LogP contribution >= 0.6 is 0 Å². The summed E-state index contributed by atoms with van der Waals surface area (Å²) in [5, 5.41) is 0. The molecule has 1 saturated heterocycles. The van der Waals surface area contributed by atoms with Crippen molar-refractivity contribution >= 4 is 15.7 Å². The van der Waals surface area contributed by atoms with Gasteiger partial charge in [0.15, 0.2) is 27.9 Å². The molecule has 2 fully saturated rings. The van der Waals surface area contributed by atoms with E-state index in [4.69, 9.17) is 9.47 Å². The number of benzene rings is 1. The lowest BCUT2D eigenvalue weighted by Crippen LogP contribution is -2.45. The van der Waals surface area contributed by atoms with Gasteiger partial charge in [0.2, 0.25) is 0 Å². The first kappa shape index (κ1) is 17.6. The van der Waals surface area contributed by atoms with E-state index in [2.05, 4.69) is 0 Å². The van der Waals surface area contributed by atoms with Gasteiger partial charge in [-0.1, -0.05) is 12.1 Å². The predicted octanol–water partition coefficient (Wildman–Crippen LogP) is 1.96. The highest BCUT2D eigenvalue weighted by molar-refractivity contribution is 7.91. The Morgan fingerprint density at radius 2 is 2.04 bits per heavy atom. The van der Waals surface area contributed by atoms with Gasteiger partial charge in [-0.3, -0.25) is 4.79 Å². The SMILES string of the molecule is CC1(C)Cc2cccc(OCC(=O)N(C3CC3)C3CCS(=O)(=O)C3)c2O1. The maximum atomic E-state index is 12.8. The molecule has 1 unspecified atom stereocenters. The van der Waals surface area contributed by atoms with Crippen molar-refractivity contribution < 1.29 is 22.7 Å². The smallest absolute Gasteiger partial charge is 0.261 e. The maximum Gasteiger partial charge on any atom is 0.261 e. The van der Waals surface area contributed by atoms with Crippen LogP contribution < -0.4 is 9.47 Å². The van der Waals surface area contributed by atoms with Crippen LogP contribution in [0.4, 0.5) is 0 Å². The number of rotatable bonds is 5. The van der Waals surface area contributed by atoms with Gasteiger partial charge >= 0.3 is 0 Å². The van der Waals surface area contributed by atoms with Gasteiger partial charge in [0.05, 0.1) is 11.5 Å². The minimum atomic E-state index is -3.02. The second kappa shape index (κ2) is 6.15. The fraction of sp³-hybridized carbons (Fsp3) is 0.632. The Labute approximate surface area is 154 Å². The third kappa shape index (κ3) is 3.54. The number of nitrogens with zero attached hydrogens (tertiary/aromatic N) is 1. The van der Waals surface area contributed by atoms with Crippen LogP contribution in [0.25, 0.3) is 0 Å². The van der Waals surface area contributed by atoms with Gasteiger partial charge < -0.3 is 14.4 Å². The van der Waals surface area contributed by atoms with Crippen LogP contribution in [0.3, 0.4) is 0 Å². The third-order valence-electron chi connectivity index (χ3n) is 5.24. The molecule has 0 aromatic heterocycles. The van der Waals surface area contributed by atoms with Crippen LogP contribution in [0.15, 0.2) is 18.2 Å². The molecule has 4 rings (SSSR count). The summed E-state index contributed by atoms with van der Waals surface area (Å²) < 4.78 is 35.4. The molecule has 2 heterocycles. The predicted molar refractivity (Wildman–Crippen MR) is 97.3 cm³/mol. The molecule has 0 radical (unpaired) electrons. The summed E-state index contributed by atoms with van der Waals surface area (Å²) in [5.74, 6) is 1.41. The molecule has 1 aromatic carbocycles. The van der Waals surface area contributed by atoms with E-state index in [1.807, 2.05) is 32.0 Å². The quantitative estimate of drug-likeness (QED) is 0.782. The minimum Gasteiger partial charge on any atom is -0.483 e. The molecule has 1 aliphatic carbocycles. The highest BCUT2D eigenvalue weighted by Gasteiger charge is 2.42. The summed E-state index contributed by atoms with van der Waals surface area (Å²) in [7, 11) is -3.02. The second-order valence-corrected chi connectivity index (χ2v) is 10.4. The van der Waals surface area contributed by atoms with Gasteiger partial charge in [0.1, 0.15) is 5.60 Å². The zero-order chi connectivity index (χ0) is 18.5. The molecule has 6 nitrogen and oxygen atoms in total. The molecular formula is C19H25NO5S. The Hall–Kier alpha value is -1.76. The van der Waals surface area contributed by atoms with E-state index >= 15 is 0 Å². The highest BCUT2D eigenvalue weighted by Crippen LogP contribution is 2.42. The van der Waals surface area contributed by atoms with Gasteiger partial charge in [0.25, 0.3) is 5.91 Å². The average molecular weight is 379 g/mol. The third-order valence-corrected chi connectivity index (χ3v) is 6.99. The van der Waals surface area contributed by atoms with Crippen molar-refractivity contribution in [1.82, 2.24) is 4.90 Å². The molecule has 142 valence electrons. The van der Waals surface area contributed by atoms with E-state index < -0.39 is 9.84 Å². The van der Waals surface area contributed by atoms with Crippen molar-refractivity contribution in [2.24, 2.45) is 0 Å². The van der Waals surface area contributed by atoms with Crippen molar-refractivity contribution in [3.63, 3.8) is 0 Å². The number of ether oxygens (including phenoxy) is 2. The second-order valence-electron chi connectivity index (χ2n) is 8.16. The van der Waals surface area contributed by atoms with E-state index in [0.717, 1.165) is 24.8 Å². The molecule has 0 bridgehead atoms. The zero-order valence-corrected chi connectivity index (χ0v) is 16.0. The number of hydrogen-bond donors (Lipinski definition) is 0. The number of para-hydroxylation sites is 1. The van der Waals surface area contributed by atoms with Crippen molar-refractivity contribution in [1.29, 1.82) is 0 Å². The summed E-state index contributed by atoms with van der Waals surface area (Å²) in [6.45, 7) is 3.96. The van der Waals surface area contributed by atoms with E-state index in [9.17, 15) is 13.2 Å². The van der Waals surface area contributed by atoms with Crippen LogP contribution in [-0.4, -0.2) is 55.0 Å². The molecular weight excluding hydrogens is 354 g/mol. The normalized spacial score (nSPS) is 25.4. The van der Waals surface area contributed by atoms with Crippen LogP contribution in [0, 0.1) is 0 Å². The Morgan fingerprint density at radius 3 is 2.69 bits per heavy atom. The Balaban J connectivity index is 1.45. The van der Waals surface area contributed by atoms with Crippen LogP contribution in [0.1, 0.15) is 38.7 Å². The molecule has 0 N–H and O–H groups in total. The summed E-state index contributed by atoms with van der Waals surface area (Å²) >= 11 is 0. The largest absolute Gasteiger partial charge is 0.483 e. The fourth-order valence-corrected chi connectivity index (χ4v) is 5.68. The van der Waals surface area contributed by atoms with Crippen molar-refractivity contribution in [3.8, 4) is 11.5 Å². The number of fused-ring (bicyclic) bond motifs is 1. The molecule has 3 aliphatic rings. The monoisotopic (exact) mass is 379 g/mol. The van der Waals surface area contributed by atoms with Crippen LogP contribution in [-0.2, 0) is 21.1 Å². The number of sulfone groups is 1. The van der Waals surface area contributed by atoms with Gasteiger partial charge in [0, 0.05) is 24.1 Å². The first-order valence-electron chi connectivity index (χ1n) is 9.19. The molecule has 0 spiro atoms. The molecule has 1 aromatic rings. The first-order chi connectivity index (χ1) is 12.2. The molecule has 26 heavy (non-hydrogen) atoms. The van der Waals surface area contributed by atoms with Crippen molar-refractivity contribution in [3.05, 3.63) is 23.8 Å². The van der Waals surface area contributed by atoms with Crippen LogP contribution in [0.5, 0.6) is 11.5 Å². The average Bonchev–Trinajstić information content (AvgIpc) is 3.23. The number of amides is 1. The molecule has 2 aliphatic heterocycles. The minimum absolute atomic E-state index is 0.0767. The first-order valence-corrected chi connectivity index (χ1v) is 11.0. The Morgan fingerprint density at radius 1 is 1.27 bits per heavy atom. The lowest BCUT2D eigenvalue weighted by molar-refractivity contribution is -0.135. The van der Waals surface area contributed by atoms with Gasteiger partial charge in [-0.15, -0.1) is 0 Å². The number of carbonyl (C=O) groups is 1. The van der Waals surface area contributed by atoms with E-state index in [1.165, 1.54) is 0 Å². The molecule has 1 saturated carbocycles. The molecule has 1 atom stereocenters. The van der Waals surface area contributed by atoms with Crippen molar-refractivity contribution in [2.45, 2.75) is 57.2 Å². The highest BCUT2D eigenvalue weighted by atomic mass is 32.2. The summed E-state index contributed by atoms with van der Waals surface area (Å²) in [6, 6.07) is 5.69. The summed E-state index contributed by atoms with van der Waals surface area (Å²) in [6.07, 6.45) is 3.23. The molecule has 1 amide bonds. The van der Waals surface area contributed by atoms with Gasteiger partial charge in [-0.2, -0.15) is 0 Å². The summed E-state index contributed by atoms with van der Waals surface area (Å²) in [4.78, 5) is 14.6. The lowest BCUT2D eigenvalue weighted by Gasteiger charge is -2.28. The van der Waals surface area contributed by atoms with Gasteiger partial charge in [-0.25, -0.2) is 8.42 Å². The standard InChI is InChI=1S/C19H25NO5S/c1-19(2)10-13-4-3-5-16(18(13)25-19)24-11-17(21)20(14-6-7-14)15-8-9-26(22,23)12-15/h3-5,14-15H,6-12H2,1-2H3. The topological polar surface area (TPSA) is 72.9 Å². The maximum absolute atomic E-state index is 12.8. The van der Waals surface area contributed by atoms with E-state index in [0.29, 0.717) is 17.9 Å². The summed E-state index contributed by atoms with van der Waals surface area (Å²) in [5.41, 5.74) is 0.810. The Kier molecular flexibility index (Phi) is 4.17. The molecule has 7 heteroatoms. The fourth-order valence-electron chi connectivity index (χ4n) is 3.97. The van der Waals surface area contributed by atoms with Gasteiger partial charge in [-0.05, 0) is 39.2 Å². The van der Waals surface area contributed by atoms with Crippen LogP contribution in [0.2, 0.25) is 0 Å². The lowest BCUT2D eigenvalue weighted by atomic mass is 10.0. The zero-order valence-electron chi connectivity index (χ0n) is 15.2. The Bertz CT molecular complexity index is 828. The van der Waals surface area contributed by atoms with Crippen molar-refractivity contribution in [2.75, 3.05) is 18.1 Å². The van der Waals surface area contributed by atoms with E-state index in [-0.39, 0.29) is 41.7 Å². The number of hydrogen-bond acceptors (Lipinski definition) is 5.